The Bertz CT molecular complexity index is 1050. The number of carbonyl (C=O) groups excluding carboxylic acids is 2. The molecule has 0 spiro atoms. The maximum absolute atomic E-state index is 12.5. The Morgan fingerprint density at radius 2 is 1.77 bits per heavy atom. The molecule has 2 aromatic carbocycles. The number of methoxy groups -OCH3 is 1. The summed E-state index contributed by atoms with van der Waals surface area (Å²) in [7, 11) is -2.38. The van der Waals surface area contributed by atoms with E-state index in [1.807, 2.05) is 0 Å². The van der Waals surface area contributed by atoms with Crippen LogP contribution in [-0.2, 0) is 19.6 Å². The van der Waals surface area contributed by atoms with Crippen LogP contribution in [0.5, 0.6) is 5.75 Å². The highest BCUT2D eigenvalue weighted by atomic mass is 35.5. The lowest BCUT2D eigenvalue weighted by Gasteiger charge is -2.14. The van der Waals surface area contributed by atoms with E-state index >= 15 is 0 Å². The van der Waals surface area contributed by atoms with Gasteiger partial charge in [0.15, 0.2) is 6.61 Å². The molecule has 8 nitrogen and oxygen atoms in total. The molecular weight excluding hydrogens is 444 g/mol. The first-order valence-corrected chi connectivity index (χ1v) is 11.6. The molecular formula is C21H23ClN2O6S. The number of amides is 1. The van der Waals surface area contributed by atoms with E-state index in [0.29, 0.717) is 11.3 Å². The van der Waals surface area contributed by atoms with E-state index in [-0.39, 0.29) is 28.3 Å². The number of carbonyl (C=O) groups is 2. The maximum Gasteiger partial charge on any atom is 0.337 e. The molecule has 0 aromatic heterocycles. The summed E-state index contributed by atoms with van der Waals surface area (Å²) in [6, 6.07) is 10.2. The number of anilines is 1. The maximum atomic E-state index is 12.5. The molecule has 1 aliphatic carbocycles. The fraction of sp³-hybridized carbons (Fsp3) is 0.333. The van der Waals surface area contributed by atoms with Crippen molar-refractivity contribution in [3.8, 4) is 5.75 Å². The van der Waals surface area contributed by atoms with Crippen LogP contribution < -0.4 is 14.8 Å². The van der Waals surface area contributed by atoms with Crippen molar-refractivity contribution in [1.82, 2.24) is 4.72 Å². The van der Waals surface area contributed by atoms with Crippen LogP contribution in [0.3, 0.4) is 0 Å². The number of hydrogen-bond donors (Lipinski definition) is 2. The van der Waals surface area contributed by atoms with Gasteiger partial charge in [0.2, 0.25) is 10.0 Å². The topological polar surface area (TPSA) is 111 Å². The highest BCUT2D eigenvalue weighted by Gasteiger charge is 2.23. The van der Waals surface area contributed by atoms with Gasteiger partial charge in [-0.3, -0.25) is 4.79 Å². The Kier molecular flexibility index (Phi) is 7.53. The lowest BCUT2D eigenvalue weighted by Crippen LogP contribution is -2.32. The Hall–Kier alpha value is -2.62. The van der Waals surface area contributed by atoms with E-state index in [0.717, 1.165) is 25.7 Å². The fourth-order valence-electron chi connectivity index (χ4n) is 3.24. The molecule has 166 valence electrons. The van der Waals surface area contributed by atoms with Crippen molar-refractivity contribution in [3.63, 3.8) is 0 Å². The summed E-state index contributed by atoms with van der Waals surface area (Å²) in [5.41, 5.74) is 0.841. The predicted molar refractivity (Wildman–Crippen MR) is 116 cm³/mol. The second kappa shape index (κ2) is 10.1. The first kappa shape index (κ1) is 23.1. The molecule has 10 heteroatoms. The molecule has 2 aromatic rings. The van der Waals surface area contributed by atoms with Crippen LogP contribution in [0.15, 0.2) is 47.4 Å². The van der Waals surface area contributed by atoms with Crippen molar-refractivity contribution >= 4 is 39.2 Å². The zero-order chi connectivity index (χ0) is 22.4. The number of ether oxygens (including phenoxy) is 2. The Morgan fingerprint density at radius 3 is 2.39 bits per heavy atom. The van der Waals surface area contributed by atoms with E-state index in [2.05, 4.69) is 14.8 Å². The third kappa shape index (κ3) is 6.19. The highest BCUT2D eigenvalue weighted by molar-refractivity contribution is 7.89. The minimum Gasteiger partial charge on any atom is -0.482 e. The van der Waals surface area contributed by atoms with Gasteiger partial charge in [-0.2, -0.15) is 0 Å². The van der Waals surface area contributed by atoms with Gasteiger partial charge >= 0.3 is 5.97 Å². The van der Waals surface area contributed by atoms with Crippen LogP contribution in [0.1, 0.15) is 36.0 Å². The zero-order valence-electron chi connectivity index (χ0n) is 16.9. The number of esters is 1. The number of benzene rings is 2. The molecule has 0 radical (unpaired) electrons. The van der Waals surface area contributed by atoms with E-state index in [4.69, 9.17) is 16.3 Å². The van der Waals surface area contributed by atoms with Crippen LogP contribution in [0.4, 0.5) is 5.69 Å². The number of sulfonamides is 1. The fourth-order valence-corrected chi connectivity index (χ4v) is 4.88. The van der Waals surface area contributed by atoms with Gasteiger partial charge in [-0.25, -0.2) is 17.9 Å². The van der Waals surface area contributed by atoms with Crippen LogP contribution in [0.2, 0.25) is 5.02 Å². The summed E-state index contributed by atoms with van der Waals surface area (Å²) >= 11 is 6.16. The number of halogens is 1. The summed E-state index contributed by atoms with van der Waals surface area (Å²) in [6.07, 6.45) is 3.68. The number of hydrogen-bond acceptors (Lipinski definition) is 6. The normalized spacial score (nSPS) is 14.3. The van der Waals surface area contributed by atoms with E-state index < -0.39 is 21.9 Å². The molecule has 0 atom stereocenters. The first-order valence-electron chi connectivity index (χ1n) is 9.71. The summed E-state index contributed by atoms with van der Waals surface area (Å²) in [5, 5.41) is 2.71. The lowest BCUT2D eigenvalue weighted by molar-refractivity contribution is -0.118. The van der Waals surface area contributed by atoms with Crippen molar-refractivity contribution in [3.05, 3.63) is 53.1 Å². The van der Waals surface area contributed by atoms with E-state index in [1.165, 1.54) is 37.4 Å². The second-order valence-corrected chi connectivity index (χ2v) is 9.22. The molecule has 1 aliphatic rings. The minimum absolute atomic E-state index is 0.0481. The smallest absolute Gasteiger partial charge is 0.337 e. The molecule has 3 rings (SSSR count). The van der Waals surface area contributed by atoms with Gasteiger partial charge in [0.05, 0.1) is 22.6 Å². The van der Waals surface area contributed by atoms with Gasteiger partial charge in [0, 0.05) is 11.7 Å². The summed E-state index contributed by atoms with van der Waals surface area (Å²) < 4.78 is 37.7. The molecule has 0 unspecified atom stereocenters. The third-order valence-corrected chi connectivity index (χ3v) is 6.65. The highest BCUT2D eigenvalue weighted by Crippen LogP contribution is 2.28. The van der Waals surface area contributed by atoms with Crippen molar-refractivity contribution in [2.45, 2.75) is 36.6 Å². The predicted octanol–water partition coefficient (Wildman–Crippen LogP) is 3.37. The van der Waals surface area contributed by atoms with Crippen LogP contribution in [0.25, 0.3) is 0 Å². The molecule has 2 N–H and O–H groups in total. The Morgan fingerprint density at radius 1 is 1.10 bits per heavy atom. The van der Waals surface area contributed by atoms with Crippen LogP contribution >= 0.6 is 11.6 Å². The Labute approximate surface area is 185 Å². The van der Waals surface area contributed by atoms with E-state index in [9.17, 15) is 18.0 Å². The Balaban J connectivity index is 1.56. The summed E-state index contributed by atoms with van der Waals surface area (Å²) in [6.45, 7) is -0.328. The summed E-state index contributed by atoms with van der Waals surface area (Å²) in [5.74, 6) is -0.723. The monoisotopic (exact) mass is 466 g/mol. The third-order valence-electron chi connectivity index (χ3n) is 4.84. The summed E-state index contributed by atoms with van der Waals surface area (Å²) in [4.78, 5) is 23.6. The number of rotatable bonds is 8. The first-order chi connectivity index (χ1) is 14.8. The zero-order valence-corrected chi connectivity index (χ0v) is 18.5. The number of nitrogens with one attached hydrogen (secondary N) is 2. The molecule has 1 fully saturated rings. The van der Waals surface area contributed by atoms with Crippen molar-refractivity contribution in [2.24, 2.45) is 0 Å². The van der Waals surface area contributed by atoms with Gasteiger partial charge in [-0.15, -0.1) is 0 Å². The minimum atomic E-state index is -3.67. The molecule has 1 amide bonds. The average Bonchev–Trinajstić information content (AvgIpc) is 3.25. The van der Waals surface area contributed by atoms with Gasteiger partial charge in [-0.1, -0.05) is 24.4 Å². The quantitative estimate of drug-likeness (QED) is 0.577. The van der Waals surface area contributed by atoms with Gasteiger partial charge < -0.3 is 14.8 Å². The van der Waals surface area contributed by atoms with Crippen molar-refractivity contribution in [2.75, 3.05) is 19.0 Å². The van der Waals surface area contributed by atoms with Crippen LogP contribution in [0, 0.1) is 0 Å². The van der Waals surface area contributed by atoms with Crippen LogP contribution in [-0.4, -0.2) is 40.1 Å². The standard InChI is InChI=1S/C21H23ClN2O6S/c1-29-21(26)14-6-8-15(9-7-14)23-20(25)13-30-19-11-10-17(12-18(19)22)31(27,28)24-16-4-2-3-5-16/h6-12,16,24H,2-5,13H2,1H3,(H,23,25). The van der Waals surface area contributed by atoms with Gasteiger partial charge in [0.25, 0.3) is 5.91 Å². The SMILES string of the molecule is COC(=O)c1ccc(NC(=O)COc2ccc(S(=O)(=O)NC3CCCC3)cc2Cl)cc1. The molecule has 31 heavy (non-hydrogen) atoms. The molecule has 0 bridgehead atoms. The molecule has 0 aliphatic heterocycles. The van der Waals surface area contributed by atoms with Gasteiger partial charge in [0.1, 0.15) is 5.75 Å². The lowest BCUT2D eigenvalue weighted by atomic mass is 10.2. The van der Waals surface area contributed by atoms with E-state index in [1.54, 1.807) is 12.1 Å². The van der Waals surface area contributed by atoms with Crippen molar-refractivity contribution in [1.29, 1.82) is 0 Å². The largest absolute Gasteiger partial charge is 0.482 e. The average molecular weight is 467 g/mol. The van der Waals surface area contributed by atoms with Crippen molar-refractivity contribution < 1.29 is 27.5 Å². The molecule has 0 heterocycles. The molecule has 0 saturated heterocycles. The molecule has 1 saturated carbocycles. The second-order valence-electron chi connectivity index (χ2n) is 7.10. The van der Waals surface area contributed by atoms with Gasteiger partial charge in [-0.05, 0) is 55.3 Å².